The molecule has 30 heavy (non-hydrogen) atoms. The molecule has 0 saturated carbocycles. The van der Waals surface area contributed by atoms with Crippen LogP contribution in [-0.4, -0.2) is 65.9 Å². The van der Waals surface area contributed by atoms with Crippen molar-refractivity contribution in [2.24, 2.45) is 0 Å². The highest BCUT2D eigenvalue weighted by molar-refractivity contribution is 5.97. The molecule has 2 heterocycles. The number of hydrogen-bond donors (Lipinski definition) is 1. The summed E-state index contributed by atoms with van der Waals surface area (Å²) in [7, 11) is 5.11. The molecule has 160 valence electrons. The zero-order valence-electron chi connectivity index (χ0n) is 18.0. The maximum Gasteiger partial charge on any atom is 0.257 e. The molecule has 8 nitrogen and oxygen atoms in total. The molecule has 0 bridgehead atoms. The molecule has 1 aliphatic rings. The largest absolute Gasteiger partial charge is 0.496 e. The summed E-state index contributed by atoms with van der Waals surface area (Å²) in [5.74, 6) is 1.91. The van der Waals surface area contributed by atoms with Crippen molar-refractivity contribution in [1.82, 2.24) is 19.8 Å². The van der Waals surface area contributed by atoms with Crippen LogP contribution in [-0.2, 0) is 11.3 Å². The van der Waals surface area contributed by atoms with Gasteiger partial charge in [-0.15, -0.1) is 0 Å². The predicted octanol–water partition coefficient (Wildman–Crippen LogP) is 2.53. The number of carbonyl (C=O) groups is 2. The van der Waals surface area contributed by atoms with Gasteiger partial charge in [0.15, 0.2) is 0 Å². The molecule has 3 rings (SSSR count). The van der Waals surface area contributed by atoms with Crippen LogP contribution < -0.4 is 10.1 Å². The number of carbonyl (C=O) groups excluding carboxylic acids is 2. The Balaban J connectivity index is 1.82. The highest BCUT2D eigenvalue weighted by Crippen LogP contribution is 2.29. The standard InChI is InChI=1S/C22H29N5O3/c1-15(28)26(3)14-21-24-18(12-20(23-2)25-21)16-8-7-11-27(13-16)22(29)17-9-5-6-10-19(17)30-4/h5-6,9-10,12,16H,7-8,11,13-14H2,1-4H3,(H,23,24,25). The second kappa shape index (κ2) is 9.56. The van der Waals surface area contributed by atoms with Crippen molar-refractivity contribution in [3.8, 4) is 5.75 Å². The number of hydrogen-bond acceptors (Lipinski definition) is 6. The Hall–Kier alpha value is -3.16. The van der Waals surface area contributed by atoms with Crippen molar-refractivity contribution in [2.45, 2.75) is 32.2 Å². The van der Waals surface area contributed by atoms with E-state index in [1.165, 1.54) is 6.92 Å². The normalized spacial score (nSPS) is 16.1. The van der Waals surface area contributed by atoms with Crippen LogP contribution >= 0.6 is 0 Å². The number of piperidine rings is 1. The van der Waals surface area contributed by atoms with Crippen molar-refractivity contribution in [2.75, 3.05) is 39.6 Å². The Morgan fingerprint density at radius 3 is 2.77 bits per heavy atom. The fraction of sp³-hybridized carbons (Fsp3) is 0.455. The number of amides is 2. The zero-order chi connectivity index (χ0) is 21.7. The molecule has 1 unspecified atom stereocenters. The van der Waals surface area contributed by atoms with Crippen LogP contribution in [0.4, 0.5) is 5.82 Å². The van der Waals surface area contributed by atoms with Gasteiger partial charge in [0.2, 0.25) is 5.91 Å². The molecule has 1 saturated heterocycles. The summed E-state index contributed by atoms with van der Waals surface area (Å²) in [6.07, 6.45) is 1.84. The van der Waals surface area contributed by atoms with Gasteiger partial charge in [-0.05, 0) is 25.0 Å². The smallest absolute Gasteiger partial charge is 0.257 e. The van der Waals surface area contributed by atoms with Crippen LogP contribution in [0.3, 0.4) is 0 Å². The molecule has 0 aliphatic carbocycles. The van der Waals surface area contributed by atoms with Crippen LogP contribution in [0.15, 0.2) is 30.3 Å². The lowest BCUT2D eigenvalue weighted by atomic mass is 9.93. The highest BCUT2D eigenvalue weighted by Gasteiger charge is 2.28. The third-order valence-electron chi connectivity index (χ3n) is 5.43. The van der Waals surface area contributed by atoms with Crippen molar-refractivity contribution in [3.05, 3.63) is 47.4 Å². The second-order valence-electron chi connectivity index (χ2n) is 7.51. The van der Waals surface area contributed by atoms with Gasteiger partial charge in [-0.1, -0.05) is 12.1 Å². The van der Waals surface area contributed by atoms with Crippen molar-refractivity contribution >= 4 is 17.6 Å². The topological polar surface area (TPSA) is 87.7 Å². The van der Waals surface area contributed by atoms with E-state index in [1.54, 1.807) is 31.2 Å². The zero-order valence-corrected chi connectivity index (χ0v) is 18.0. The lowest BCUT2D eigenvalue weighted by Crippen LogP contribution is -2.39. The van der Waals surface area contributed by atoms with Gasteiger partial charge in [0.05, 0.1) is 24.9 Å². The Kier molecular flexibility index (Phi) is 6.87. The lowest BCUT2D eigenvalue weighted by molar-refractivity contribution is -0.128. The van der Waals surface area contributed by atoms with Gasteiger partial charge in [-0.3, -0.25) is 9.59 Å². The number of para-hydroxylation sites is 1. The van der Waals surface area contributed by atoms with E-state index in [4.69, 9.17) is 9.72 Å². The first-order valence-corrected chi connectivity index (χ1v) is 10.1. The van der Waals surface area contributed by atoms with E-state index in [-0.39, 0.29) is 17.7 Å². The maximum absolute atomic E-state index is 13.1. The molecule has 8 heteroatoms. The second-order valence-corrected chi connectivity index (χ2v) is 7.51. The fourth-order valence-electron chi connectivity index (χ4n) is 3.64. The molecular formula is C22H29N5O3. The lowest BCUT2D eigenvalue weighted by Gasteiger charge is -2.33. The van der Waals surface area contributed by atoms with Crippen molar-refractivity contribution < 1.29 is 14.3 Å². The summed E-state index contributed by atoms with van der Waals surface area (Å²) in [4.78, 5) is 37.4. The van der Waals surface area contributed by atoms with Crippen LogP contribution in [0.1, 0.15) is 47.6 Å². The Bertz CT molecular complexity index is 917. The molecule has 1 aromatic heterocycles. The predicted molar refractivity (Wildman–Crippen MR) is 115 cm³/mol. The number of methoxy groups -OCH3 is 1. The minimum absolute atomic E-state index is 0.0309. The van der Waals surface area contributed by atoms with E-state index in [9.17, 15) is 9.59 Å². The highest BCUT2D eigenvalue weighted by atomic mass is 16.5. The number of nitrogens with zero attached hydrogens (tertiary/aromatic N) is 4. The summed E-state index contributed by atoms with van der Waals surface area (Å²) >= 11 is 0. The van der Waals surface area contributed by atoms with Gasteiger partial charge in [0.1, 0.15) is 17.4 Å². The first-order chi connectivity index (χ1) is 14.4. The van der Waals surface area contributed by atoms with E-state index >= 15 is 0 Å². The molecule has 1 N–H and O–H groups in total. The first-order valence-electron chi connectivity index (χ1n) is 10.1. The van der Waals surface area contributed by atoms with E-state index in [0.717, 1.165) is 18.5 Å². The molecule has 1 aliphatic heterocycles. The molecule has 1 atom stereocenters. The van der Waals surface area contributed by atoms with Gasteiger partial charge in [0, 0.05) is 46.1 Å². The van der Waals surface area contributed by atoms with Gasteiger partial charge >= 0.3 is 0 Å². The summed E-state index contributed by atoms with van der Waals surface area (Å²) < 4.78 is 5.36. The minimum atomic E-state index is -0.0405. The van der Waals surface area contributed by atoms with Crippen molar-refractivity contribution in [3.63, 3.8) is 0 Å². The summed E-state index contributed by atoms with van der Waals surface area (Å²) in [6, 6.07) is 9.23. The van der Waals surface area contributed by atoms with Crippen LogP contribution in [0.2, 0.25) is 0 Å². The van der Waals surface area contributed by atoms with E-state index in [0.29, 0.717) is 42.6 Å². The monoisotopic (exact) mass is 411 g/mol. The number of rotatable bonds is 6. The number of likely N-dealkylation sites (tertiary alicyclic amines) is 1. The Morgan fingerprint density at radius 2 is 2.07 bits per heavy atom. The number of anilines is 1. The van der Waals surface area contributed by atoms with Gasteiger partial charge < -0.3 is 19.9 Å². The van der Waals surface area contributed by atoms with E-state index in [2.05, 4.69) is 10.3 Å². The molecule has 1 fully saturated rings. The summed E-state index contributed by atoms with van der Waals surface area (Å²) in [5, 5.41) is 3.07. The molecule has 2 aromatic rings. The quantitative estimate of drug-likeness (QED) is 0.786. The van der Waals surface area contributed by atoms with Gasteiger partial charge in [-0.2, -0.15) is 0 Å². The minimum Gasteiger partial charge on any atom is -0.496 e. The molecular weight excluding hydrogens is 382 g/mol. The van der Waals surface area contributed by atoms with Gasteiger partial charge in [0.25, 0.3) is 5.91 Å². The van der Waals surface area contributed by atoms with Crippen LogP contribution in [0.5, 0.6) is 5.75 Å². The number of aromatic nitrogens is 2. The SMILES string of the molecule is CNc1cc(C2CCCN(C(=O)c3ccccc3OC)C2)nc(CN(C)C(C)=O)n1. The Morgan fingerprint density at radius 1 is 1.30 bits per heavy atom. The third kappa shape index (κ3) is 4.87. The maximum atomic E-state index is 13.1. The van der Waals surface area contributed by atoms with Gasteiger partial charge in [-0.25, -0.2) is 9.97 Å². The molecule has 0 radical (unpaired) electrons. The number of nitrogens with one attached hydrogen (secondary N) is 1. The summed E-state index contributed by atoms with van der Waals surface area (Å²) in [5.41, 5.74) is 1.46. The average Bonchev–Trinajstić information content (AvgIpc) is 2.78. The molecule has 1 aromatic carbocycles. The van der Waals surface area contributed by atoms with E-state index < -0.39 is 0 Å². The molecule has 2 amide bonds. The number of ether oxygens (including phenoxy) is 1. The fourth-order valence-corrected chi connectivity index (χ4v) is 3.64. The van der Waals surface area contributed by atoms with E-state index in [1.807, 2.05) is 30.1 Å². The number of benzene rings is 1. The Labute approximate surface area is 177 Å². The summed E-state index contributed by atoms with van der Waals surface area (Å²) in [6.45, 7) is 3.15. The third-order valence-corrected chi connectivity index (χ3v) is 5.43. The van der Waals surface area contributed by atoms with Crippen LogP contribution in [0, 0.1) is 0 Å². The molecule has 0 spiro atoms. The average molecular weight is 412 g/mol. The van der Waals surface area contributed by atoms with Crippen LogP contribution in [0.25, 0.3) is 0 Å². The first kappa shape index (κ1) is 21.5. The van der Waals surface area contributed by atoms with Crippen molar-refractivity contribution in [1.29, 1.82) is 0 Å².